The highest BCUT2D eigenvalue weighted by atomic mass is 16.2. The van der Waals surface area contributed by atoms with E-state index >= 15 is 0 Å². The largest absolute Gasteiger partial charge is 0.351 e. The van der Waals surface area contributed by atoms with E-state index in [1.807, 2.05) is 116 Å². The highest BCUT2D eigenvalue weighted by Gasteiger charge is 2.10. The molecule has 1 aliphatic rings. The summed E-state index contributed by atoms with van der Waals surface area (Å²) < 4.78 is 0. The first kappa shape index (κ1) is 34.7. The molecule has 5 rings (SSSR count). The van der Waals surface area contributed by atoms with Crippen LogP contribution in [0.1, 0.15) is 62.2 Å². The summed E-state index contributed by atoms with van der Waals surface area (Å²) in [6, 6.07) is 34.6. The molecule has 1 fully saturated rings. The van der Waals surface area contributed by atoms with Gasteiger partial charge in [-0.25, -0.2) is 0 Å². The summed E-state index contributed by atoms with van der Waals surface area (Å²) in [4.78, 5) is 28.6. The molecule has 1 aliphatic heterocycles. The van der Waals surface area contributed by atoms with E-state index in [1.165, 1.54) is 19.3 Å². The van der Waals surface area contributed by atoms with E-state index in [9.17, 15) is 9.59 Å². The van der Waals surface area contributed by atoms with Crippen LogP contribution in [-0.2, 0) is 0 Å². The molecule has 0 spiro atoms. The van der Waals surface area contributed by atoms with E-state index in [0.717, 1.165) is 48.4 Å². The van der Waals surface area contributed by atoms with E-state index in [1.54, 1.807) is 12.1 Å². The topological polar surface area (TPSA) is 64.7 Å². The lowest BCUT2D eigenvalue weighted by Crippen LogP contribution is -2.37. The molecule has 0 unspecified atom stereocenters. The molecule has 4 aromatic rings. The van der Waals surface area contributed by atoms with Gasteiger partial charge in [0, 0.05) is 59.6 Å². The smallest absolute Gasteiger partial charge is 0.251 e. The maximum absolute atomic E-state index is 12.2. The second-order valence-corrected chi connectivity index (χ2v) is 11.6. The number of amides is 2. The van der Waals surface area contributed by atoms with Crippen LogP contribution in [0.3, 0.4) is 0 Å². The molecule has 0 atom stereocenters. The molecule has 240 valence electrons. The van der Waals surface area contributed by atoms with Crippen molar-refractivity contribution in [1.82, 2.24) is 20.4 Å². The summed E-state index contributed by atoms with van der Waals surface area (Å²) in [5.41, 5.74) is 5.12. The molecule has 0 aromatic heterocycles. The van der Waals surface area contributed by atoms with Crippen molar-refractivity contribution in [1.29, 1.82) is 0 Å². The molecular formula is C41H44N4O2. The van der Waals surface area contributed by atoms with Crippen LogP contribution >= 0.6 is 0 Å². The van der Waals surface area contributed by atoms with Crippen molar-refractivity contribution in [3.8, 4) is 23.7 Å². The number of rotatable bonds is 8. The monoisotopic (exact) mass is 624 g/mol. The number of benzene rings is 4. The van der Waals surface area contributed by atoms with Crippen LogP contribution in [0.5, 0.6) is 0 Å². The van der Waals surface area contributed by atoms with Crippen molar-refractivity contribution in [3.05, 3.63) is 143 Å². The fraction of sp³-hybridized carbons (Fsp3) is 0.268. The van der Waals surface area contributed by atoms with Crippen LogP contribution in [0.25, 0.3) is 0 Å². The average molecular weight is 625 g/mol. The SMILES string of the molecule is CN(C)CCNC(=O)c1ccc(C#Cc2ccccc2)cc1.O=C(NCCN1CCCCC1)c1ccc(C#Cc2ccccc2)cc1. The number of nitrogens with zero attached hydrogens (tertiary/aromatic N) is 2. The van der Waals surface area contributed by atoms with Gasteiger partial charge >= 0.3 is 0 Å². The van der Waals surface area contributed by atoms with E-state index < -0.39 is 0 Å². The third kappa shape index (κ3) is 13.0. The van der Waals surface area contributed by atoms with Crippen molar-refractivity contribution in [2.45, 2.75) is 19.3 Å². The lowest BCUT2D eigenvalue weighted by atomic mass is 10.1. The minimum Gasteiger partial charge on any atom is -0.351 e. The van der Waals surface area contributed by atoms with Gasteiger partial charge < -0.3 is 20.4 Å². The van der Waals surface area contributed by atoms with Crippen molar-refractivity contribution in [2.75, 3.05) is 53.4 Å². The first-order valence-corrected chi connectivity index (χ1v) is 16.2. The summed E-state index contributed by atoms with van der Waals surface area (Å²) >= 11 is 0. The Morgan fingerprint density at radius 2 is 0.979 bits per heavy atom. The van der Waals surface area contributed by atoms with Gasteiger partial charge in [0.2, 0.25) is 0 Å². The molecule has 2 amide bonds. The van der Waals surface area contributed by atoms with Crippen LogP contribution in [0.2, 0.25) is 0 Å². The maximum atomic E-state index is 12.2. The molecular weight excluding hydrogens is 580 g/mol. The number of hydrogen-bond donors (Lipinski definition) is 2. The van der Waals surface area contributed by atoms with Crippen LogP contribution < -0.4 is 10.6 Å². The third-order valence-electron chi connectivity index (χ3n) is 7.55. The highest BCUT2D eigenvalue weighted by Crippen LogP contribution is 2.08. The van der Waals surface area contributed by atoms with E-state index in [0.29, 0.717) is 24.2 Å². The maximum Gasteiger partial charge on any atom is 0.251 e. The number of likely N-dealkylation sites (tertiary alicyclic amines) is 1. The normalized spacial score (nSPS) is 12.3. The fourth-order valence-corrected chi connectivity index (χ4v) is 4.85. The molecule has 0 radical (unpaired) electrons. The molecule has 6 nitrogen and oxygen atoms in total. The van der Waals surface area contributed by atoms with Gasteiger partial charge in [0.1, 0.15) is 0 Å². The standard InChI is InChI=1S/C22H24N2O.C19H20N2O/c25-22(23-15-18-24-16-5-2-6-17-24)21-13-11-20(12-14-21)10-9-19-7-3-1-4-8-19;1-21(2)15-14-20-19(22)18-12-10-17(11-13-18)9-8-16-6-4-3-5-7-16/h1,3-4,7-8,11-14H,2,5-6,15-18H2,(H,23,25);3-7,10-13H,14-15H2,1-2H3,(H,20,22). The van der Waals surface area contributed by atoms with Gasteiger partial charge in [-0.1, -0.05) is 66.5 Å². The summed E-state index contributed by atoms with van der Waals surface area (Å²) in [7, 11) is 3.96. The van der Waals surface area contributed by atoms with Crippen LogP contribution in [-0.4, -0.2) is 75.0 Å². The summed E-state index contributed by atoms with van der Waals surface area (Å²) in [6.07, 6.45) is 3.89. The van der Waals surface area contributed by atoms with E-state index in [4.69, 9.17) is 0 Å². The number of hydrogen-bond acceptors (Lipinski definition) is 4. The Morgan fingerprint density at radius 1 is 0.574 bits per heavy atom. The van der Waals surface area contributed by atoms with Gasteiger partial charge in [-0.05, 0) is 113 Å². The van der Waals surface area contributed by atoms with Gasteiger partial charge in [-0.15, -0.1) is 0 Å². The Labute approximate surface area is 280 Å². The average Bonchev–Trinajstić information content (AvgIpc) is 3.11. The van der Waals surface area contributed by atoms with Gasteiger partial charge in [0.05, 0.1) is 0 Å². The minimum atomic E-state index is -0.0515. The Morgan fingerprint density at radius 3 is 1.40 bits per heavy atom. The van der Waals surface area contributed by atoms with Crippen LogP contribution in [0.4, 0.5) is 0 Å². The number of nitrogens with one attached hydrogen (secondary N) is 2. The second-order valence-electron chi connectivity index (χ2n) is 11.6. The zero-order valence-electron chi connectivity index (χ0n) is 27.5. The Bertz CT molecular complexity index is 1650. The van der Waals surface area contributed by atoms with Gasteiger partial charge in [0.25, 0.3) is 11.8 Å². The molecule has 1 heterocycles. The molecule has 0 bridgehead atoms. The summed E-state index contributed by atoms with van der Waals surface area (Å²) in [5.74, 6) is 12.4. The lowest BCUT2D eigenvalue weighted by Gasteiger charge is -2.26. The Hall–Kier alpha value is -5.14. The zero-order valence-corrected chi connectivity index (χ0v) is 27.5. The predicted octanol–water partition coefficient (Wildman–Crippen LogP) is 5.68. The quantitative estimate of drug-likeness (QED) is 0.248. The predicted molar refractivity (Wildman–Crippen MR) is 191 cm³/mol. The van der Waals surface area contributed by atoms with Gasteiger partial charge in [-0.3, -0.25) is 9.59 Å². The van der Waals surface area contributed by atoms with E-state index in [2.05, 4.69) is 39.2 Å². The van der Waals surface area contributed by atoms with Crippen LogP contribution in [0, 0.1) is 23.7 Å². The van der Waals surface area contributed by atoms with Crippen molar-refractivity contribution in [3.63, 3.8) is 0 Å². The van der Waals surface area contributed by atoms with Gasteiger partial charge in [0.15, 0.2) is 0 Å². The Kier molecular flexibility index (Phi) is 14.3. The van der Waals surface area contributed by atoms with Crippen LogP contribution in [0.15, 0.2) is 109 Å². The molecule has 47 heavy (non-hydrogen) atoms. The summed E-state index contributed by atoms with van der Waals surface area (Å²) in [6.45, 7) is 5.42. The molecule has 0 saturated carbocycles. The molecule has 0 aliphatic carbocycles. The first-order chi connectivity index (χ1) is 23.0. The number of carbonyl (C=O) groups is 2. The molecule has 2 N–H and O–H groups in total. The van der Waals surface area contributed by atoms with Gasteiger partial charge in [-0.2, -0.15) is 0 Å². The van der Waals surface area contributed by atoms with Crippen molar-refractivity contribution in [2.24, 2.45) is 0 Å². The summed E-state index contributed by atoms with van der Waals surface area (Å²) in [5, 5.41) is 5.90. The van der Waals surface area contributed by atoms with Crippen molar-refractivity contribution >= 4 is 11.8 Å². The molecule has 4 aromatic carbocycles. The second kappa shape index (κ2) is 19.4. The number of piperidine rings is 1. The zero-order chi connectivity index (χ0) is 33.1. The van der Waals surface area contributed by atoms with Crippen molar-refractivity contribution < 1.29 is 9.59 Å². The number of carbonyl (C=O) groups excluding carboxylic acids is 2. The van der Waals surface area contributed by atoms with E-state index in [-0.39, 0.29) is 11.8 Å². The first-order valence-electron chi connectivity index (χ1n) is 16.2. The number of likely N-dealkylation sites (N-methyl/N-ethyl adjacent to an activating group) is 1. The highest BCUT2D eigenvalue weighted by molar-refractivity contribution is 5.94. The molecule has 6 heteroatoms. The lowest BCUT2D eigenvalue weighted by molar-refractivity contribution is 0.0940. The fourth-order valence-electron chi connectivity index (χ4n) is 4.85. The Balaban J connectivity index is 0.000000215. The molecule has 1 saturated heterocycles. The minimum absolute atomic E-state index is 0.0143. The third-order valence-corrected chi connectivity index (χ3v) is 7.55.